The van der Waals surface area contributed by atoms with Crippen LogP contribution in [-0.2, 0) is 6.61 Å². The normalized spacial score (nSPS) is 14.3. The topological polar surface area (TPSA) is 48.3 Å². The van der Waals surface area contributed by atoms with Crippen LogP contribution in [0.4, 0.5) is 5.69 Å². The number of aryl methyl sites for hydroxylation is 2. The van der Waals surface area contributed by atoms with Gasteiger partial charge in [0.05, 0.1) is 18.5 Å². The van der Waals surface area contributed by atoms with E-state index in [4.69, 9.17) is 14.6 Å². The molecule has 1 unspecified atom stereocenters. The van der Waals surface area contributed by atoms with E-state index in [0.29, 0.717) is 18.1 Å². The fraction of sp³-hybridized carbons (Fsp3) is 0.192. The van der Waals surface area contributed by atoms with Gasteiger partial charge in [0.1, 0.15) is 12.8 Å². The number of ether oxygens (including phenoxy) is 2. The van der Waals surface area contributed by atoms with Crippen molar-refractivity contribution < 1.29 is 9.47 Å². The molecular weight excluding hydrogens is 466 g/mol. The third-order valence-corrected chi connectivity index (χ3v) is 6.19. The lowest BCUT2D eigenvalue weighted by Crippen LogP contribution is -2.25. The fourth-order valence-electron chi connectivity index (χ4n) is 4.06. The monoisotopic (exact) mass is 489 g/mol. The van der Waals surface area contributed by atoms with Crippen molar-refractivity contribution in [1.29, 1.82) is 0 Å². The van der Waals surface area contributed by atoms with Crippen molar-refractivity contribution in [3.05, 3.63) is 93.6 Å². The molecule has 1 aliphatic heterocycles. The molecule has 5 rings (SSSR count). The summed E-state index contributed by atoms with van der Waals surface area (Å²) in [4.78, 5) is 0. The number of anilines is 1. The largest absolute Gasteiger partial charge is 0.493 e. The molecule has 1 N–H and O–H groups in total. The fourth-order valence-corrected chi connectivity index (χ4v) is 4.33. The molecule has 3 aromatic carbocycles. The van der Waals surface area contributed by atoms with Crippen molar-refractivity contribution in [3.63, 3.8) is 0 Å². The molecular formula is C26H24BrN3O2. The van der Waals surface area contributed by atoms with Gasteiger partial charge >= 0.3 is 0 Å². The molecule has 6 heteroatoms. The standard InChI is InChI=1S/C26H24BrN3O2/c1-16-4-10-22-21(12-16)23-13-17(2)29-30(23)26(28-22)19-7-11-24(31-3)25(14-19)32-15-18-5-8-20(27)9-6-18/h4-14,26,28H,15H2,1-3H3. The van der Waals surface area contributed by atoms with Crippen LogP contribution in [0.2, 0.25) is 0 Å². The highest BCUT2D eigenvalue weighted by Gasteiger charge is 2.27. The highest BCUT2D eigenvalue weighted by atomic mass is 79.9. The van der Waals surface area contributed by atoms with Crippen molar-refractivity contribution in [2.45, 2.75) is 26.6 Å². The summed E-state index contributed by atoms with van der Waals surface area (Å²) in [5.41, 5.74) is 7.73. The van der Waals surface area contributed by atoms with Crippen molar-refractivity contribution in [2.75, 3.05) is 12.4 Å². The number of aromatic nitrogens is 2. The van der Waals surface area contributed by atoms with E-state index in [-0.39, 0.29) is 6.17 Å². The van der Waals surface area contributed by atoms with Gasteiger partial charge in [0.15, 0.2) is 11.5 Å². The molecule has 0 saturated heterocycles. The van der Waals surface area contributed by atoms with Gasteiger partial charge in [-0.1, -0.05) is 45.8 Å². The summed E-state index contributed by atoms with van der Waals surface area (Å²) in [6, 6.07) is 22.8. The van der Waals surface area contributed by atoms with Crippen LogP contribution in [0.5, 0.6) is 11.5 Å². The summed E-state index contributed by atoms with van der Waals surface area (Å²) in [6.07, 6.45) is -0.144. The molecule has 1 aliphatic rings. The van der Waals surface area contributed by atoms with Gasteiger partial charge in [-0.15, -0.1) is 0 Å². The summed E-state index contributed by atoms with van der Waals surface area (Å²) in [5.74, 6) is 1.41. The Kier molecular flexibility index (Phi) is 5.39. The first-order chi connectivity index (χ1) is 15.5. The SMILES string of the molecule is COc1ccc(C2Nc3ccc(C)cc3-c3cc(C)nn32)cc1OCc1ccc(Br)cc1. The van der Waals surface area contributed by atoms with Gasteiger partial charge in [0, 0.05) is 21.3 Å². The maximum absolute atomic E-state index is 6.17. The number of halogens is 1. The highest BCUT2D eigenvalue weighted by molar-refractivity contribution is 9.10. The lowest BCUT2D eigenvalue weighted by atomic mass is 10.0. The van der Waals surface area contributed by atoms with Gasteiger partial charge in [0.25, 0.3) is 0 Å². The second-order valence-corrected chi connectivity index (χ2v) is 8.95. The molecule has 2 heterocycles. The molecule has 0 amide bonds. The van der Waals surface area contributed by atoms with Gasteiger partial charge in [-0.3, -0.25) is 0 Å². The van der Waals surface area contributed by atoms with E-state index >= 15 is 0 Å². The Hall–Kier alpha value is -3.25. The molecule has 32 heavy (non-hydrogen) atoms. The van der Waals surface area contributed by atoms with Crippen LogP contribution < -0.4 is 14.8 Å². The summed E-state index contributed by atoms with van der Waals surface area (Å²) in [6.45, 7) is 4.59. The predicted molar refractivity (Wildman–Crippen MR) is 130 cm³/mol. The Balaban J connectivity index is 1.50. The number of hydrogen-bond acceptors (Lipinski definition) is 4. The zero-order chi connectivity index (χ0) is 22.2. The van der Waals surface area contributed by atoms with Gasteiger partial charge in [0.2, 0.25) is 0 Å². The molecule has 162 valence electrons. The Morgan fingerprint density at radius 3 is 2.56 bits per heavy atom. The van der Waals surface area contributed by atoms with Crippen molar-refractivity contribution >= 4 is 21.6 Å². The van der Waals surface area contributed by atoms with Crippen LogP contribution in [0.15, 0.2) is 71.2 Å². The zero-order valence-electron chi connectivity index (χ0n) is 18.2. The number of methoxy groups -OCH3 is 1. The number of nitrogens with zero attached hydrogens (tertiary/aromatic N) is 2. The first-order valence-electron chi connectivity index (χ1n) is 10.5. The molecule has 0 saturated carbocycles. The molecule has 1 atom stereocenters. The van der Waals surface area contributed by atoms with Crippen LogP contribution >= 0.6 is 15.9 Å². The van der Waals surface area contributed by atoms with Crippen LogP contribution in [0, 0.1) is 13.8 Å². The smallest absolute Gasteiger partial charge is 0.162 e. The number of nitrogens with one attached hydrogen (secondary N) is 1. The molecule has 0 spiro atoms. The zero-order valence-corrected chi connectivity index (χ0v) is 19.8. The number of hydrogen-bond donors (Lipinski definition) is 1. The van der Waals surface area contributed by atoms with Crippen molar-refractivity contribution in [3.8, 4) is 22.8 Å². The lowest BCUT2D eigenvalue weighted by molar-refractivity contribution is 0.284. The Morgan fingerprint density at radius 2 is 1.78 bits per heavy atom. The van der Waals surface area contributed by atoms with Crippen molar-refractivity contribution in [2.24, 2.45) is 0 Å². The predicted octanol–water partition coefficient (Wildman–Crippen LogP) is 6.49. The maximum Gasteiger partial charge on any atom is 0.162 e. The Morgan fingerprint density at radius 1 is 0.969 bits per heavy atom. The summed E-state index contributed by atoms with van der Waals surface area (Å²) in [5, 5.41) is 8.44. The molecule has 0 bridgehead atoms. The second kappa shape index (κ2) is 8.36. The molecule has 4 aromatic rings. The van der Waals surface area contributed by atoms with Crippen LogP contribution in [0.1, 0.15) is 28.6 Å². The summed E-state index contributed by atoms with van der Waals surface area (Å²) in [7, 11) is 1.66. The first-order valence-corrected chi connectivity index (χ1v) is 11.3. The van der Waals surface area contributed by atoms with E-state index in [2.05, 4.69) is 63.2 Å². The molecule has 0 radical (unpaired) electrons. The molecule has 5 nitrogen and oxygen atoms in total. The minimum Gasteiger partial charge on any atom is -0.493 e. The van der Waals surface area contributed by atoms with E-state index in [9.17, 15) is 0 Å². The number of fused-ring (bicyclic) bond motifs is 3. The molecule has 0 aliphatic carbocycles. The van der Waals surface area contributed by atoms with Gasteiger partial charge < -0.3 is 14.8 Å². The van der Waals surface area contributed by atoms with Crippen LogP contribution in [0.25, 0.3) is 11.3 Å². The van der Waals surface area contributed by atoms with E-state index in [1.165, 1.54) is 11.1 Å². The highest BCUT2D eigenvalue weighted by Crippen LogP contribution is 2.40. The lowest BCUT2D eigenvalue weighted by Gasteiger charge is -2.30. The third kappa shape index (κ3) is 3.86. The van der Waals surface area contributed by atoms with Crippen LogP contribution in [-0.4, -0.2) is 16.9 Å². The van der Waals surface area contributed by atoms with E-state index < -0.39 is 0 Å². The average Bonchev–Trinajstić information content (AvgIpc) is 3.20. The summed E-state index contributed by atoms with van der Waals surface area (Å²) < 4.78 is 14.8. The summed E-state index contributed by atoms with van der Waals surface area (Å²) >= 11 is 3.47. The van der Waals surface area contributed by atoms with Crippen molar-refractivity contribution in [1.82, 2.24) is 9.78 Å². The van der Waals surface area contributed by atoms with Gasteiger partial charge in [-0.25, -0.2) is 4.68 Å². The number of rotatable bonds is 5. The minimum absolute atomic E-state index is 0.144. The Bertz CT molecular complexity index is 1280. The maximum atomic E-state index is 6.17. The Labute approximate surface area is 196 Å². The average molecular weight is 490 g/mol. The van der Waals surface area contributed by atoms with E-state index in [1.807, 2.05) is 43.3 Å². The molecule has 0 fully saturated rings. The van der Waals surface area contributed by atoms with E-state index in [0.717, 1.165) is 32.7 Å². The molecule has 1 aromatic heterocycles. The minimum atomic E-state index is -0.144. The van der Waals surface area contributed by atoms with E-state index in [1.54, 1.807) is 7.11 Å². The number of benzene rings is 3. The quantitative estimate of drug-likeness (QED) is 0.348. The van der Waals surface area contributed by atoms with Crippen LogP contribution in [0.3, 0.4) is 0 Å². The van der Waals surface area contributed by atoms with Gasteiger partial charge in [-0.05, 0) is 61.9 Å². The van der Waals surface area contributed by atoms with Gasteiger partial charge in [-0.2, -0.15) is 5.10 Å². The third-order valence-electron chi connectivity index (χ3n) is 5.66. The second-order valence-electron chi connectivity index (χ2n) is 8.04. The first kappa shape index (κ1) is 20.6.